The smallest absolute Gasteiger partial charge is 0.335 e. The van der Waals surface area contributed by atoms with E-state index < -0.39 is 5.97 Å². The Bertz CT molecular complexity index is 564. The van der Waals surface area contributed by atoms with Crippen LogP contribution in [0.5, 0.6) is 0 Å². The van der Waals surface area contributed by atoms with E-state index in [1.54, 1.807) is 24.3 Å². The fourth-order valence-electron chi connectivity index (χ4n) is 1.03. The van der Waals surface area contributed by atoms with E-state index in [-0.39, 0.29) is 5.57 Å². The van der Waals surface area contributed by atoms with Crippen molar-refractivity contribution in [3.63, 3.8) is 0 Å². The summed E-state index contributed by atoms with van der Waals surface area (Å²) in [5, 5.41) is 8.98. The van der Waals surface area contributed by atoms with E-state index in [1.807, 2.05) is 0 Å². The molecule has 0 radical (unpaired) electrons. The minimum atomic E-state index is -1.06. The van der Waals surface area contributed by atoms with Crippen LogP contribution in [0, 0.1) is 0 Å². The molecule has 0 spiro atoms. The molecule has 0 bridgehead atoms. The van der Waals surface area contributed by atoms with Crippen LogP contribution in [-0.2, 0) is 14.3 Å². The summed E-state index contributed by atoms with van der Waals surface area (Å²) < 4.78 is 9.93. The highest BCUT2D eigenvalue weighted by Gasteiger charge is 2.00. The lowest BCUT2D eigenvalue weighted by atomic mass is 10.2. The number of carboxylic acids is 1. The van der Waals surface area contributed by atoms with Crippen LogP contribution in [0.1, 0.15) is 0 Å². The Morgan fingerprint density at radius 3 is 2.62 bits per heavy atom. The lowest BCUT2D eigenvalue weighted by Gasteiger charge is -1.92. The van der Waals surface area contributed by atoms with Gasteiger partial charge in [-0.05, 0) is 24.3 Å². The van der Waals surface area contributed by atoms with E-state index in [1.165, 1.54) is 56.0 Å². The van der Waals surface area contributed by atoms with Crippen LogP contribution in [0.25, 0.3) is 0 Å². The number of hydrogen-bond acceptors (Lipinski definition) is 5. The summed E-state index contributed by atoms with van der Waals surface area (Å²) >= 11 is 0. The third-order valence-corrected chi connectivity index (χ3v) is 1.92. The van der Waals surface area contributed by atoms with E-state index in [9.17, 15) is 4.79 Å². The first kappa shape index (κ1) is 15.9. The summed E-state index contributed by atoms with van der Waals surface area (Å²) in [6.07, 6.45) is 18.8. The Labute approximate surface area is 122 Å². The molecule has 0 aromatic carbocycles. The molecule has 0 aliphatic carbocycles. The van der Waals surface area contributed by atoms with Gasteiger partial charge in [0.2, 0.25) is 0 Å². The summed E-state index contributed by atoms with van der Waals surface area (Å²) in [4.78, 5) is 18.6. The quantitative estimate of drug-likeness (QED) is 0.803. The zero-order valence-corrected chi connectivity index (χ0v) is 11.1. The molecule has 6 heteroatoms. The SMILES string of the molecule is O=C(O)C1=CC=CC=COC=NC=CN=CC=COC=C1. The van der Waals surface area contributed by atoms with Gasteiger partial charge in [0.25, 0.3) is 0 Å². The van der Waals surface area contributed by atoms with E-state index in [0.29, 0.717) is 0 Å². The average molecular weight is 286 g/mol. The highest BCUT2D eigenvalue weighted by atomic mass is 16.5. The molecule has 1 aliphatic heterocycles. The number of carboxylic acid groups (broad SMARTS) is 1. The van der Waals surface area contributed by atoms with Gasteiger partial charge < -0.3 is 14.6 Å². The molecule has 0 aromatic heterocycles. The lowest BCUT2D eigenvalue weighted by molar-refractivity contribution is -0.132. The van der Waals surface area contributed by atoms with Gasteiger partial charge in [0.05, 0.1) is 24.4 Å². The number of ether oxygens (including phenoxy) is 2. The third kappa shape index (κ3) is 8.55. The van der Waals surface area contributed by atoms with Crippen molar-refractivity contribution in [2.24, 2.45) is 9.98 Å². The lowest BCUT2D eigenvalue weighted by Crippen LogP contribution is -1.96. The fraction of sp³-hybridized carbons (Fsp3) is 0. The van der Waals surface area contributed by atoms with E-state index in [0.717, 1.165) is 0 Å². The first-order chi connectivity index (χ1) is 10.3. The van der Waals surface area contributed by atoms with Crippen LogP contribution < -0.4 is 0 Å². The molecular weight excluding hydrogens is 272 g/mol. The van der Waals surface area contributed by atoms with Crippen LogP contribution in [0.3, 0.4) is 0 Å². The van der Waals surface area contributed by atoms with Gasteiger partial charge in [-0.15, -0.1) is 0 Å². The maximum Gasteiger partial charge on any atom is 0.335 e. The van der Waals surface area contributed by atoms with Crippen LogP contribution in [-0.4, -0.2) is 23.7 Å². The van der Waals surface area contributed by atoms with Gasteiger partial charge in [0.15, 0.2) is 6.40 Å². The van der Waals surface area contributed by atoms with Crippen molar-refractivity contribution in [1.82, 2.24) is 0 Å². The van der Waals surface area contributed by atoms with Gasteiger partial charge in [-0.25, -0.2) is 9.79 Å². The standard InChI is InChI=1S/C15H14N2O4/c18-15(19)14-5-2-1-3-10-21-13-17-9-8-16-7-4-11-20-12-6-14/h1-13H,(H,18,19). The molecule has 1 N–H and O–H groups in total. The molecule has 108 valence electrons. The van der Waals surface area contributed by atoms with Crippen molar-refractivity contribution >= 4 is 18.6 Å². The Kier molecular flexibility index (Phi) is 8.14. The summed E-state index contributed by atoms with van der Waals surface area (Å²) in [6.45, 7) is 0. The molecule has 0 unspecified atom stereocenters. The van der Waals surface area contributed by atoms with Crippen molar-refractivity contribution in [3.05, 3.63) is 73.2 Å². The number of nitrogens with zero attached hydrogens (tertiary/aromatic N) is 2. The first-order valence-corrected chi connectivity index (χ1v) is 5.90. The molecule has 6 nitrogen and oxygen atoms in total. The summed E-state index contributed by atoms with van der Waals surface area (Å²) in [7, 11) is 0. The molecule has 0 atom stereocenters. The largest absolute Gasteiger partial charge is 0.478 e. The van der Waals surface area contributed by atoms with Gasteiger partial charge in [0, 0.05) is 18.6 Å². The molecule has 1 rings (SSSR count). The third-order valence-electron chi connectivity index (χ3n) is 1.92. The second kappa shape index (κ2) is 10.7. The fourth-order valence-corrected chi connectivity index (χ4v) is 1.03. The molecule has 21 heavy (non-hydrogen) atoms. The van der Waals surface area contributed by atoms with Crippen molar-refractivity contribution < 1.29 is 19.4 Å². The maximum absolute atomic E-state index is 11.0. The van der Waals surface area contributed by atoms with Crippen LogP contribution in [0.4, 0.5) is 0 Å². The molecule has 1 aliphatic rings. The monoisotopic (exact) mass is 286 g/mol. The Morgan fingerprint density at radius 2 is 1.76 bits per heavy atom. The van der Waals surface area contributed by atoms with Crippen LogP contribution >= 0.6 is 0 Å². The molecular formula is C15H14N2O4. The predicted octanol–water partition coefficient (Wildman–Crippen LogP) is 2.71. The minimum absolute atomic E-state index is 0.0771. The van der Waals surface area contributed by atoms with Gasteiger partial charge in [0.1, 0.15) is 0 Å². The summed E-state index contributed by atoms with van der Waals surface area (Å²) in [6, 6.07) is 0. The molecule has 0 saturated carbocycles. The van der Waals surface area contributed by atoms with E-state index >= 15 is 0 Å². The molecule has 0 aromatic rings. The van der Waals surface area contributed by atoms with Crippen LogP contribution in [0.2, 0.25) is 0 Å². The first-order valence-electron chi connectivity index (χ1n) is 5.90. The van der Waals surface area contributed by atoms with Crippen molar-refractivity contribution in [2.75, 3.05) is 0 Å². The summed E-state index contributed by atoms with van der Waals surface area (Å²) in [5.41, 5.74) is 0.0771. The zero-order valence-electron chi connectivity index (χ0n) is 11.1. The second-order valence-electron chi connectivity index (χ2n) is 3.39. The minimum Gasteiger partial charge on any atom is -0.478 e. The van der Waals surface area contributed by atoms with Gasteiger partial charge in [-0.1, -0.05) is 12.2 Å². The van der Waals surface area contributed by atoms with Crippen molar-refractivity contribution in [2.45, 2.75) is 0 Å². The van der Waals surface area contributed by atoms with Crippen LogP contribution in [0.15, 0.2) is 83.2 Å². The summed E-state index contributed by atoms with van der Waals surface area (Å²) in [5.74, 6) is -1.06. The predicted molar refractivity (Wildman–Crippen MR) is 80.6 cm³/mol. The van der Waals surface area contributed by atoms with Crippen molar-refractivity contribution in [3.8, 4) is 0 Å². The molecule has 0 fully saturated rings. The second-order valence-corrected chi connectivity index (χ2v) is 3.39. The Balaban J connectivity index is 2.81. The highest BCUT2D eigenvalue weighted by molar-refractivity contribution is 5.90. The molecule has 0 amide bonds. The zero-order chi connectivity index (χ0) is 15.2. The number of aliphatic imine (C=N–C) groups is 2. The topological polar surface area (TPSA) is 80.5 Å². The molecule has 0 saturated heterocycles. The number of allylic oxidation sites excluding steroid dienone is 5. The highest BCUT2D eigenvalue weighted by Crippen LogP contribution is 1.99. The normalized spacial score (nSPS) is 15.7. The Morgan fingerprint density at radius 1 is 0.952 bits per heavy atom. The van der Waals surface area contributed by atoms with E-state index in [2.05, 4.69) is 9.98 Å². The number of aliphatic carboxylic acids is 1. The number of carbonyl (C=O) groups is 1. The van der Waals surface area contributed by atoms with Crippen molar-refractivity contribution in [1.29, 1.82) is 0 Å². The van der Waals surface area contributed by atoms with E-state index in [4.69, 9.17) is 14.6 Å². The average Bonchev–Trinajstić information content (AvgIpc) is 2.47. The van der Waals surface area contributed by atoms with Gasteiger partial charge >= 0.3 is 5.97 Å². The maximum atomic E-state index is 11.0. The number of rotatable bonds is 1. The Hall–Kier alpha value is -3.15. The van der Waals surface area contributed by atoms with Gasteiger partial charge in [-0.3, -0.25) is 4.99 Å². The van der Waals surface area contributed by atoms with Gasteiger partial charge in [-0.2, -0.15) is 0 Å². The molecule has 1 heterocycles. The number of hydrogen-bond donors (Lipinski definition) is 1.